The van der Waals surface area contributed by atoms with Crippen LogP contribution >= 0.6 is 0 Å². The Morgan fingerprint density at radius 3 is 1.04 bits per heavy atom. The van der Waals surface area contributed by atoms with E-state index in [0.717, 1.165) is 153 Å². The zero-order valence-electron chi connectivity index (χ0n) is 61.1. The normalized spacial score (nSPS) is 12.7. The number of quaternary nitrogens is 1. The lowest BCUT2D eigenvalue weighted by atomic mass is 9.92. The first kappa shape index (κ1) is 90.8. The lowest BCUT2D eigenvalue weighted by Gasteiger charge is -2.28. The Balaban J connectivity index is 0.000000370. The van der Waals surface area contributed by atoms with Gasteiger partial charge in [-0.25, -0.2) is 46.6 Å². The predicted molar refractivity (Wildman–Crippen MR) is 374 cm³/mol. The van der Waals surface area contributed by atoms with Crippen LogP contribution in [0.2, 0.25) is 0 Å². The number of aliphatic imine (C=N–C) groups is 1. The van der Waals surface area contributed by atoms with E-state index in [-0.39, 0.29) is 115 Å². The molecule has 106 heavy (non-hydrogen) atoms. The number of aromatic nitrogens is 9. The maximum atomic E-state index is 14.1. The number of carbonyl (C=O) groups excluding carboxylic acids is 6. The highest BCUT2D eigenvalue weighted by molar-refractivity contribution is 5.77. The van der Waals surface area contributed by atoms with Crippen LogP contribution in [0.15, 0.2) is 84.5 Å². The van der Waals surface area contributed by atoms with Crippen molar-refractivity contribution in [3.8, 4) is 0 Å². The Morgan fingerprint density at radius 2 is 0.755 bits per heavy atom. The number of carboxylic acids is 2. The summed E-state index contributed by atoms with van der Waals surface area (Å²) in [6.07, 6.45) is 28.9. The topological polar surface area (TPSA) is 394 Å². The Bertz CT molecular complexity index is 3190. The van der Waals surface area contributed by atoms with E-state index in [1.807, 2.05) is 0 Å². The van der Waals surface area contributed by atoms with Crippen molar-refractivity contribution >= 4 is 60.4 Å². The second-order valence-electron chi connectivity index (χ2n) is 25.2. The van der Waals surface area contributed by atoms with Gasteiger partial charge >= 0.3 is 47.8 Å². The molecule has 5 aromatic rings. The number of hydrogen-bond donors (Lipinski definition) is 5. The highest BCUT2D eigenvalue weighted by atomic mass is 19.1. The standard InChI is InChI=1S/2C23H40O8.2C13H12F2N6O/c2*1-3-5-7-9-11-13-21(26)29-17-19(31-23(28)16-15-20(24)25)18-30-22(27)14-12-10-8-6-4-2;2*14-10-1-2-11(12(15)3-10)13(22,4-20-8-16-6-18-20)5-21-9-17-7-19-21/h2*19H,3-18H2,1-2H3,(H,24,25);2*1-3,6-9,22H,4-5H2/p+1. The summed E-state index contributed by atoms with van der Waals surface area (Å²) in [5.74, 6) is -8.40. The average molecular weight is 1500 g/mol. The zero-order valence-corrected chi connectivity index (χ0v) is 61.1. The number of ether oxygens (including phenoxy) is 6. The fraction of sp³-hybridized carbons (Fsp3) is 0.611. The number of unbranched alkanes of at least 4 members (excludes halogenated alkanes) is 16. The number of benzene rings is 2. The number of halogens is 4. The molecule has 2 unspecified atom stereocenters. The van der Waals surface area contributed by atoms with Crippen LogP contribution in [0, 0.1) is 23.3 Å². The maximum absolute atomic E-state index is 14.1. The van der Waals surface area contributed by atoms with E-state index in [1.165, 1.54) is 76.8 Å². The fourth-order valence-electron chi connectivity index (χ4n) is 10.3. The molecule has 0 bridgehead atoms. The largest absolute Gasteiger partial charge is 0.481 e. The first-order chi connectivity index (χ1) is 50.9. The molecule has 3 aromatic heterocycles. The first-order valence-electron chi connectivity index (χ1n) is 36.1. The summed E-state index contributed by atoms with van der Waals surface area (Å²) in [5.41, 5.74) is -3.44. The molecule has 4 heterocycles. The van der Waals surface area contributed by atoms with E-state index in [0.29, 0.717) is 5.01 Å². The van der Waals surface area contributed by atoms with Crippen molar-refractivity contribution in [2.75, 3.05) is 33.0 Å². The summed E-state index contributed by atoms with van der Waals surface area (Å²) < 4.78 is 89.6. The van der Waals surface area contributed by atoms with Crippen LogP contribution in [0.1, 0.15) is 219 Å². The van der Waals surface area contributed by atoms with Gasteiger partial charge in [-0.3, -0.25) is 38.4 Å². The van der Waals surface area contributed by atoms with Gasteiger partial charge in [0.05, 0.1) is 45.3 Å². The number of rotatable bonds is 50. The van der Waals surface area contributed by atoms with Crippen LogP contribution in [0.4, 0.5) is 17.6 Å². The number of esters is 6. The second-order valence-corrected chi connectivity index (χ2v) is 25.2. The Labute approximate surface area is 614 Å². The molecule has 1 aliphatic rings. The van der Waals surface area contributed by atoms with E-state index in [1.54, 1.807) is 0 Å². The third-order valence-corrected chi connectivity index (χ3v) is 15.9. The first-order valence-corrected chi connectivity index (χ1v) is 36.1. The summed E-state index contributed by atoms with van der Waals surface area (Å²) in [4.78, 5) is 108. The second kappa shape index (κ2) is 53.3. The fourth-order valence-corrected chi connectivity index (χ4v) is 10.3. The molecular formula is C72H105F4N12O18+. The van der Waals surface area contributed by atoms with Crippen molar-refractivity contribution in [1.29, 1.82) is 0 Å². The van der Waals surface area contributed by atoms with Gasteiger partial charge < -0.3 is 48.8 Å². The van der Waals surface area contributed by atoms with Crippen molar-refractivity contribution in [3.05, 3.63) is 109 Å². The van der Waals surface area contributed by atoms with Gasteiger partial charge in [0.1, 0.15) is 99.8 Å². The molecule has 0 fully saturated rings. The molecule has 588 valence electrons. The third kappa shape index (κ3) is 40.7. The molecule has 0 amide bonds. The third-order valence-electron chi connectivity index (χ3n) is 15.9. The quantitative estimate of drug-likeness (QED) is 0.0105. The van der Waals surface area contributed by atoms with E-state index in [4.69, 9.17) is 38.6 Å². The van der Waals surface area contributed by atoms with Crippen molar-refractivity contribution in [3.63, 3.8) is 0 Å². The monoisotopic (exact) mass is 1500 g/mol. The molecule has 0 saturated heterocycles. The molecule has 34 heteroatoms. The lowest BCUT2D eigenvalue weighted by Crippen LogP contribution is -3.07. The van der Waals surface area contributed by atoms with E-state index in [9.17, 15) is 66.1 Å². The van der Waals surface area contributed by atoms with Crippen LogP contribution in [-0.4, -0.2) is 170 Å². The van der Waals surface area contributed by atoms with E-state index >= 15 is 0 Å². The summed E-state index contributed by atoms with van der Waals surface area (Å²) in [6.45, 7) is 7.37. The molecular weight excluding hydrogens is 1400 g/mol. The minimum atomic E-state index is -1.70. The molecule has 1 aliphatic heterocycles. The number of carbonyl (C=O) groups is 8. The molecule has 2 aromatic carbocycles. The molecule has 6 rings (SSSR count). The summed E-state index contributed by atoms with van der Waals surface area (Å²) >= 11 is 0. The minimum absolute atomic E-state index is 0.00934. The Kier molecular flexibility index (Phi) is 45.7. The smallest absolute Gasteiger partial charge is 0.306 e. The van der Waals surface area contributed by atoms with Gasteiger partial charge in [-0.1, -0.05) is 142 Å². The summed E-state index contributed by atoms with van der Waals surface area (Å²) in [6, 6.07) is 6.07. The predicted octanol–water partition coefficient (Wildman–Crippen LogP) is 9.19. The molecule has 2 atom stereocenters. The Morgan fingerprint density at radius 1 is 0.434 bits per heavy atom. The van der Waals surface area contributed by atoms with E-state index in [2.05, 4.69) is 68.0 Å². The van der Waals surface area contributed by atoms with Crippen LogP contribution in [0.3, 0.4) is 0 Å². The van der Waals surface area contributed by atoms with Crippen molar-refractivity contribution in [2.24, 2.45) is 10.1 Å². The van der Waals surface area contributed by atoms with Gasteiger partial charge in [-0.15, -0.1) is 0 Å². The number of hydrogen-bond acceptors (Lipinski definition) is 24. The molecule has 30 nitrogen and oxygen atoms in total. The van der Waals surface area contributed by atoms with Gasteiger partial charge in [-0.2, -0.15) is 25.3 Å². The van der Waals surface area contributed by atoms with Crippen molar-refractivity contribution in [1.82, 2.24) is 44.3 Å². The SMILES string of the molecule is CCCCCCCC(=O)OCC(COC(=O)CCCCCCC)OC(=O)CCC(=O)O.CCCCCCCC(=O)OCC(COC(=O)CCCCCCC)OC(=O)CCC(=O)O.OC(Cn1cncn1)(C[NH+]1C=NC=N1)c1ccc(F)cc1F.OC(Cn1cncn1)(Cn1cncn1)c1ccc(F)cc1F. The maximum Gasteiger partial charge on any atom is 0.306 e. The lowest BCUT2D eigenvalue weighted by molar-refractivity contribution is -0.812. The summed E-state index contributed by atoms with van der Waals surface area (Å²) in [7, 11) is 0. The van der Waals surface area contributed by atoms with Gasteiger partial charge in [-0.05, 0) is 43.9 Å². The van der Waals surface area contributed by atoms with Gasteiger partial charge in [0.15, 0.2) is 24.1 Å². The molecule has 5 N–H and O–H groups in total. The minimum Gasteiger partial charge on any atom is -0.481 e. The van der Waals surface area contributed by atoms with Crippen LogP contribution in [0.5, 0.6) is 0 Å². The zero-order chi connectivity index (χ0) is 77.8. The number of carboxylic acid groups (broad SMARTS) is 2. The van der Waals surface area contributed by atoms with Gasteiger partial charge in [0.2, 0.25) is 6.34 Å². The number of nitrogens with one attached hydrogen (secondary N) is 1. The van der Waals surface area contributed by atoms with Gasteiger partial charge in [0, 0.05) is 48.9 Å². The highest BCUT2D eigenvalue weighted by Crippen LogP contribution is 2.29. The molecule has 0 aliphatic carbocycles. The number of nitrogens with zero attached hydrogens (tertiary/aromatic N) is 11. The molecule has 0 spiro atoms. The average Bonchev–Trinajstić information content (AvgIpc) is 1.27. The summed E-state index contributed by atoms with van der Waals surface area (Å²) in [5, 5.41) is 55.5. The number of aliphatic hydroxyl groups is 2. The van der Waals surface area contributed by atoms with Crippen LogP contribution in [0.25, 0.3) is 0 Å². The highest BCUT2D eigenvalue weighted by Gasteiger charge is 2.39. The molecule has 0 saturated carbocycles. The van der Waals surface area contributed by atoms with E-state index < -0.39 is 94.4 Å². The molecule has 0 radical (unpaired) electrons. The van der Waals surface area contributed by atoms with Gasteiger partial charge in [0.25, 0.3) is 0 Å². The van der Waals surface area contributed by atoms with Crippen molar-refractivity contribution < 1.29 is 110 Å². The van der Waals surface area contributed by atoms with Crippen LogP contribution < -0.4 is 5.01 Å². The number of aliphatic carboxylic acids is 2. The van der Waals surface area contributed by atoms with Crippen LogP contribution in [-0.2, 0) is 97.6 Å². The Hall–Kier alpha value is -9.44. The van der Waals surface area contributed by atoms with Crippen molar-refractivity contribution in [2.45, 2.75) is 251 Å².